The Hall–Kier alpha value is -7.63. The fraction of sp³-hybridized carbons (Fsp3) is 0.429. The third-order valence-electron chi connectivity index (χ3n) is 16.1. The standard InChI is InChI=1S/C63H69F2N6O12PS/c1-62(2,3)55(68-57(75)52-35-43-32-45(23-27-51(43)85-52)63(64,65)84(80,81)82)61(79)70-37-44-33-46(24-22-41(44)34-50(70)60(78)69-30-16-20-42(36-69)40-18-13-11-14-19-40)83-38-54(73)66-29-15-10-8-6-4-5-7-9-12-17-39-21-25-47-48(31-39)59(77)71(58(47)76)49-26-28-53(72)67-56(49)74/h11,13-14,18-19,21-25,27,31-33,35,42,49-50,55H,4-10,15-16,20,26,28-30,34,36-38H2,1-3H3,(H,66,73)(H,68,75)(H,67,72,74)(H2,80,81,82)/t42-,49?,50-,55?/m0/s1. The molecule has 0 saturated carbocycles. The van der Waals surface area contributed by atoms with Crippen molar-refractivity contribution in [3.63, 3.8) is 0 Å². The molecule has 0 aliphatic carbocycles. The lowest BCUT2D eigenvalue weighted by Gasteiger charge is -2.43. The lowest BCUT2D eigenvalue weighted by molar-refractivity contribution is -0.150. The van der Waals surface area contributed by atoms with Crippen molar-refractivity contribution in [1.29, 1.82) is 0 Å². The zero-order valence-electron chi connectivity index (χ0n) is 47.6. The summed E-state index contributed by atoms with van der Waals surface area (Å²) in [6.45, 7) is 6.52. The summed E-state index contributed by atoms with van der Waals surface area (Å²) in [6, 6.07) is 21.4. The highest BCUT2D eigenvalue weighted by Gasteiger charge is 2.51. The van der Waals surface area contributed by atoms with Gasteiger partial charge < -0.3 is 35.0 Å². The number of rotatable bonds is 20. The second-order valence-corrected chi connectivity index (χ2v) is 26.0. The first-order valence-electron chi connectivity index (χ1n) is 28.8. The fourth-order valence-corrected chi connectivity index (χ4v) is 12.8. The SMILES string of the molecule is CC(C)(C)C(NC(=O)c1cc2cc(C(F)(F)P(=O)(O)O)ccc2s1)C(=O)N1Cc2cc(OCC(=O)NCCCCCCCCCC#Cc3ccc4c(c3)C(=O)N(C3CCC(=O)NC3=O)C4=O)ccc2C[C@H]1C(=O)N1CCC[C@H](c2ccccc2)C1. The number of amides is 8. The number of fused-ring (bicyclic) bond motifs is 3. The molecule has 1 aromatic heterocycles. The van der Waals surface area contributed by atoms with E-state index in [-0.39, 0.29) is 71.5 Å². The minimum absolute atomic E-state index is 0.0122. The average molecular weight is 1200 g/mol. The molecule has 18 nitrogen and oxygen atoms in total. The van der Waals surface area contributed by atoms with Crippen LogP contribution in [0.1, 0.15) is 162 Å². The first-order valence-corrected chi connectivity index (χ1v) is 31.2. The number of alkyl halides is 2. The van der Waals surface area contributed by atoms with E-state index in [2.05, 4.69) is 27.8 Å². The molecular formula is C63H69F2N6O12PS. The predicted molar refractivity (Wildman–Crippen MR) is 313 cm³/mol. The van der Waals surface area contributed by atoms with Crippen molar-refractivity contribution < 1.29 is 66.2 Å². The average Bonchev–Trinajstić information content (AvgIpc) is 4.28. The van der Waals surface area contributed by atoms with Crippen LogP contribution in [0.5, 0.6) is 5.75 Å². The minimum atomic E-state index is -5.86. The number of thiophene rings is 1. The Morgan fingerprint density at radius 3 is 2.31 bits per heavy atom. The van der Waals surface area contributed by atoms with E-state index >= 15 is 4.79 Å². The van der Waals surface area contributed by atoms with Crippen LogP contribution >= 0.6 is 18.9 Å². The molecule has 4 aliphatic rings. The van der Waals surface area contributed by atoms with Crippen LogP contribution in [0.4, 0.5) is 8.78 Å². The second-order valence-electron chi connectivity index (χ2n) is 23.2. The number of halogens is 2. The molecule has 8 amide bonds. The maximum Gasteiger partial charge on any atom is 0.399 e. The number of piperidine rings is 2. The highest BCUT2D eigenvalue weighted by Crippen LogP contribution is 2.59. The van der Waals surface area contributed by atoms with Crippen LogP contribution in [-0.2, 0) is 47.2 Å². The molecule has 5 heterocycles. The van der Waals surface area contributed by atoms with E-state index in [4.69, 9.17) is 4.74 Å². The van der Waals surface area contributed by atoms with Crippen LogP contribution in [0, 0.1) is 17.3 Å². The Balaban J connectivity index is 0.758. The van der Waals surface area contributed by atoms with Crippen LogP contribution in [0.15, 0.2) is 91.0 Å². The molecular weight excluding hydrogens is 1130 g/mol. The van der Waals surface area contributed by atoms with E-state index < -0.39 is 77.8 Å². The highest BCUT2D eigenvalue weighted by atomic mass is 32.1. The van der Waals surface area contributed by atoms with Gasteiger partial charge in [-0.05, 0) is 108 Å². The Labute approximate surface area is 495 Å². The van der Waals surface area contributed by atoms with Crippen LogP contribution < -0.4 is 20.7 Å². The van der Waals surface area contributed by atoms with Crippen molar-refractivity contribution in [2.45, 2.75) is 140 Å². The molecule has 5 N–H and O–H groups in total. The first-order chi connectivity index (χ1) is 40.5. The van der Waals surface area contributed by atoms with Crippen molar-refractivity contribution in [2.75, 3.05) is 26.2 Å². The van der Waals surface area contributed by atoms with Gasteiger partial charge in [-0.15, -0.1) is 11.3 Å². The molecule has 0 radical (unpaired) electrons. The summed E-state index contributed by atoms with van der Waals surface area (Å²) in [4.78, 5) is 130. The summed E-state index contributed by atoms with van der Waals surface area (Å²) in [5, 5.41) is 8.15. The monoisotopic (exact) mass is 1200 g/mol. The van der Waals surface area contributed by atoms with Crippen LogP contribution in [0.2, 0.25) is 0 Å². The summed E-state index contributed by atoms with van der Waals surface area (Å²) in [5.74, 6) is 2.78. The van der Waals surface area contributed by atoms with Crippen molar-refractivity contribution in [1.82, 2.24) is 30.7 Å². The summed E-state index contributed by atoms with van der Waals surface area (Å²) in [7, 11) is -5.86. The van der Waals surface area contributed by atoms with E-state index in [1.165, 1.54) is 17.0 Å². The van der Waals surface area contributed by atoms with Gasteiger partial charge in [0.2, 0.25) is 23.6 Å². The molecule has 4 aliphatic heterocycles. The number of imide groups is 2. The number of benzene rings is 4. The van der Waals surface area contributed by atoms with Crippen molar-refractivity contribution in [3.8, 4) is 17.6 Å². The second kappa shape index (κ2) is 26.3. The van der Waals surface area contributed by atoms with E-state index in [0.29, 0.717) is 47.6 Å². The molecule has 85 heavy (non-hydrogen) atoms. The molecule has 9 rings (SSSR count). The predicted octanol–water partition coefficient (Wildman–Crippen LogP) is 8.70. The molecule has 0 bridgehead atoms. The van der Waals surface area contributed by atoms with Crippen molar-refractivity contribution in [2.24, 2.45) is 5.41 Å². The molecule has 22 heteroatoms. The number of unbranched alkanes of at least 4 members (excludes halogenated alkanes) is 7. The Kier molecular flexibility index (Phi) is 19.2. The van der Waals surface area contributed by atoms with Gasteiger partial charge in [0.05, 0.1) is 16.0 Å². The number of likely N-dealkylation sites (tertiary alicyclic amines) is 1. The molecule has 0 spiro atoms. The van der Waals surface area contributed by atoms with Crippen LogP contribution in [-0.4, -0.2) is 116 Å². The topological polar surface area (TPSA) is 249 Å². The Morgan fingerprint density at radius 2 is 1.58 bits per heavy atom. The third-order valence-corrected chi connectivity index (χ3v) is 18.2. The quantitative estimate of drug-likeness (QED) is 0.0213. The smallest absolute Gasteiger partial charge is 0.399 e. The number of hydrogen-bond acceptors (Lipinski definition) is 11. The molecule has 448 valence electrons. The molecule has 2 unspecified atom stereocenters. The lowest BCUT2D eigenvalue weighted by Crippen LogP contribution is -2.61. The number of carbonyl (C=O) groups excluding carboxylic acids is 8. The van der Waals surface area contributed by atoms with E-state index in [0.717, 1.165) is 97.3 Å². The lowest BCUT2D eigenvalue weighted by atomic mass is 9.83. The highest BCUT2D eigenvalue weighted by molar-refractivity contribution is 7.52. The van der Waals surface area contributed by atoms with Gasteiger partial charge in [-0.1, -0.05) is 107 Å². The normalized spacial score (nSPS) is 18.5. The van der Waals surface area contributed by atoms with Crippen molar-refractivity contribution in [3.05, 3.63) is 135 Å². The van der Waals surface area contributed by atoms with Gasteiger partial charge in [-0.25, -0.2) is 0 Å². The summed E-state index contributed by atoms with van der Waals surface area (Å²) in [6.07, 6.45) is 9.28. The largest absolute Gasteiger partial charge is 0.484 e. The fourth-order valence-electron chi connectivity index (χ4n) is 11.4. The number of nitrogens with zero attached hydrogens (tertiary/aromatic N) is 3. The number of carbonyl (C=O) groups is 8. The van der Waals surface area contributed by atoms with Gasteiger partial charge in [0, 0.05) is 67.2 Å². The van der Waals surface area contributed by atoms with E-state index in [1.807, 2.05) is 41.3 Å². The van der Waals surface area contributed by atoms with Crippen LogP contribution in [0.25, 0.3) is 10.1 Å². The van der Waals surface area contributed by atoms with E-state index in [1.54, 1.807) is 51.1 Å². The maximum atomic E-state index is 15.2. The number of hydrogen-bond donors (Lipinski definition) is 5. The zero-order chi connectivity index (χ0) is 60.8. The Morgan fingerprint density at radius 1 is 0.847 bits per heavy atom. The third kappa shape index (κ3) is 14.4. The minimum Gasteiger partial charge on any atom is -0.484 e. The molecule has 2 fully saturated rings. The van der Waals surface area contributed by atoms with Gasteiger partial charge in [-0.2, -0.15) is 8.78 Å². The summed E-state index contributed by atoms with van der Waals surface area (Å²) < 4.78 is 47.3. The summed E-state index contributed by atoms with van der Waals surface area (Å²) in [5.41, 5.74) is -2.62. The maximum absolute atomic E-state index is 15.2. The summed E-state index contributed by atoms with van der Waals surface area (Å²) >= 11 is 0.965. The molecule has 4 aromatic carbocycles. The van der Waals surface area contributed by atoms with Gasteiger partial charge >= 0.3 is 13.3 Å². The van der Waals surface area contributed by atoms with Gasteiger partial charge in [0.15, 0.2) is 6.61 Å². The van der Waals surface area contributed by atoms with Gasteiger partial charge in [0.1, 0.15) is 23.9 Å². The van der Waals surface area contributed by atoms with Crippen LogP contribution in [0.3, 0.4) is 0 Å². The number of nitrogens with one attached hydrogen (secondary N) is 3. The van der Waals surface area contributed by atoms with E-state index in [9.17, 15) is 56.7 Å². The van der Waals surface area contributed by atoms with Crippen molar-refractivity contribution >= 4 is 76.3 Å². The van der Waals surface area contributed by atoms with Gasteiger partial charge in [-0.3, -0.25) is 53.1 Å². The molecule has 4 atom stereocenters. The zero-order valence-corrected chi connectivity index (χ0v) is 49.3. The number of ether oxygens (including phenoxy) is 1. The Bertz CT molecular complexity index is 3530. The molecule has 5 aromatic rings. The first kappa shape index (κ1) is 61.9. The molecule has 2 saturated heterocycles. The van der Waals surface area contributed by atoms with Gasteiger partial charge in [0.25, 0.3) is 23.6 Å².